The van der Waals surface area contributed by atoms with Gasteiger partial charge < -0.3 is 9.47 Å². The molecule has 118 valence electrons. The average molecular weight is 303 g/mol. The summed E-state index contributed by atoms with van der Waals surface area (Å²) in [6.45, 7) is 7.19. The number of esters is 1. The van der Waals surface area contributed by atoms with Crippen molar-refractivity contribution in [3.8, 4) is 5.75 Å². The lowest BCUT2D eigenvalue weighted by Gasteiger charge is -2.09. The summed E-state index contributed by atoms with van der Waals surface area (Å²) in [6.07, 6.45) is 4.76. The predicted molar refractivity (Wildman–Crippen MR) is 82.1 cm³/mol. The molecule has 1 aliphatic heterocycles. The molecule has 1 atom stereocenters. The first-order valence-corrected chi connectivity index (χ1v) is 7.90. The second kappa shape index (κ2) is 5.94. The van der Waals surface area contributed by atoms with E-state index in [2.05, 4.69) is 17.0 Å². The highest BCUT2D eigenvalue weighted by Gasteiger charge is 2.35. The zero-order valence-electron chi connectivity index (χ0n) is 13.3. The monoisotopic (exact) mass is 303 g/mol. The van der Waals surface area contributed by atoms with Gasteiger partial charge in [-0.05, 0) is 20.3 Å². The molecule has 0 bridgehead atoms. The third kappa shape index (κ3) is 2.32. The number of hydrogen-bond donors (Lipinski definition) is 0. The number of carbonyl (C=O) groups excluding carboxylic acids is 1. The first-order chi connectivity index (χ1) is 10.7. The lowest BCUT2D eigenvalue weighted by Crippen LogP contribution is -2.06. The Bertz CT molecular complexity index is 708. The molecule has 0 amide bonds. The van der Waals surface area contributed by atoms with Gasteiger partial charge in [0.25, 0.3) is 0 Å². The highest BCUT2D eigenvalue weighted by molar-refractivity contribution is 6.02. The fraction of sp³-hybridized carbons (Fsp3) is 0.562. The predicted octanol–water partition coefficient (Wildman–Crippen LogP) is 3.25. The van der Waals surface area contributed by atoms with E-state index in [-0.39, 0.29) is 12.1 Å². The van der Waals surface area contributed by atoms with Crippen LogP contribution in [0, 0.1) is 0 Å². The number of ether oxygens (including phenoxy) is 2. The van der Waals surface area contributed by atoms with Crippen LogP contribution >= 0.6 is 0 Å². The van der Waals surface area contributed by atoms with E-state index in [0.29, 0.717) is 23.6 Å². The molecule has 0 saturated carbocycles. The molecular formula is C16H21N3O3. The summed E-state index contributed by atoms with van der Waals surface area (Å²) in [7, 11) is 0. The minimum Gasteiger partial charge on any atom is -0.492 e. The summed E-state index contributed by atoms with van der Waals surface area (Å²) < 4.78 is 12.9. The molecule has 0 spiro atoms. The van der Waals surface area contributed by atoms with Crippen LogP contribution in [0.1, 0.15) is 62.2 Å². The molecule has 6 nitrogen and oxygen atoms in total. The first-order valence-electron chi connectivity index (χ1n) is 7.90. The van der Waals surface area contributed by atoms with Crippen molar-refractivity contribution in [3.63, 3.8) is 0 Å². The van der Waals surface area contributed by atoms with Gasteiger partial charge in [-0.1, -0.05) is 19.8 Å². The van der Waals surface area contributed by atoms with Crippen LogP contribution < -0.4 is 4.74 Å². The van der Waals surface area contributed by atoms with E-state index in [4.69, 9.17) is 9.47 Å². The summed E-state index contributed by atoms with van der Waals surface area (Å²) in [5.74, 6) is 0.192. The minimum absolute atomic E-state index is 0.343. The summed E-state index contributed by atoms with van der Waals surface area (Å²) in [4.78, 5) is 16.7. The number of nitrogens with zero attached hydrogens (tertiary/aromatic N) is 3. The van der Waals surface area contributed by atoms with Gasteiger partial charge in [-0.3, -0.25) is 0 Å². The van der Waals surface area contributed by atoms with E-state index in [1.165, 1.54) is 0 Å². The van der Waals surface area contributed by atoms with Crippen LogP contribution in [0.2, 0.25) is 0 Å². The van der Waals surface area contributed by atoms with E-state index in [1.54, 1.807) is 6.20 Å². The number of pyridine rings is 1. The zero-order chi connectivity index (χ0) is 15.7. The fourth-order valence-corrected chi connectivity index (χ4v) is 2.81. The van der Waals surface area contributed by atoms with Crippen LogP contribution in [-0.2, 0) is 11.3 Å². The quantitative estimate of drug-likeness (QED) is 0.605. The Kier molecular flexibility index (Phi) is 4.00. The molecular weight excluding hydrogens is 282 g/mol. The maximum absolute atomic E-state index is 12.1. The molecule has 22 heavy (non-hydrogen) atoms. The maximum Gasteiger partial charge on any atom is 0.344 e. The second-order valence-electron chi connectivity index (χ2n) is 5.49. The highest BCUT2D eigenvalue weighted by Crippen LogP contribution is 2.39. The average Bonchev–Trinajstić information content (AvgIpc) is 3.02. The van der Waals surface area contributed by atoms with Crippen molar-refractivity contribution in [2.24, 2.45) is 0 Å². The number of aromatic nitrogens is 3. The molecule has 3 heterocycles. The van der Waals surface area contributed by atoms with Crippen LogP contribution in [-0.4, -0.2) is 27.3 Å². The van der Waals surface area contributed by atoms with Crippen molar-refractivity contribution in [2.45, 2.75) is 52.7 Å². The normalized spacial score (nSPS) is 16.9. The van der Waals surface area contributed by atoms with Crippen LogP contribution in [0.4, 0.5) is 0 Å². The van der Waals surface area contributed by atoms with Gasteiger partial charge in [0.1, 0.15) is 23.1 Å². The van der Waals surface area contributed by atoms with Gasteiger partial charge in [-0.25, -0.2) is 14.5 Å². The van der Waals surface area contributed by atoms with E-state index < -0.39 is 0 Å². The Morgan fingerprint density at radius 2 is 2.18 bits per heavy atom. The van der Waals surface area contributed by atoms with E-state index >= 15 is 0 Å². The Balaban J connectivity index is 2.11. The standard InChI is InChI=1S/C16H21N3O3/c1-4-6-7-8-19-15-11(9-17-19)14(21-5-2)12-13(18-15)10(3)22-16(12)20/h9-10H,4-8H2,1-3H3. The van der Waals surface area contributed by atoms with Gasteiger partial charge in [-0.2, -0.15) is 5.10 Å². The van der Waals surface area contributed by atoms with E-state index in [0.717, 1.165) is 36.8 Å². The van der Waals surface area contributed by atoms with Crippen molar-refractivity contribution < 1.29 is 14.3 Å². The minimum atomic E-state index is -0.362. The van der Waals surface area contributed by atoms with Crippen LogP contribution in [0.3, 0.4) is 0 Å². The molecule has 0 fully saturated rings. The third-order valence-electron chi connectivity index (χ3n) is 3.90. The van der Waals surface area contributed by atoms with Crippen molar-refractivity contribution in [1.29, 1.82) is 0 Å². The van der Waals surface area contributed by atoms with E-state index in [9.17, 15) is 4.79 Å². The number of cyclic esters (lactones) is 1. The number of rotatable bonds is 6. The largest absolute Gasteiger partial charge is 0.492 e. The molecule has 6 heteroatoms. The number of fused-ring (bicyclic) bond motifs is 2. The molecule has 1 aliphatic rings. The van der Waals surface area contributed by atoms with Gasteiger partial charge in [-0.15, -0.1) is 0 Å². The van der Waals surface area contributed by atoms with Crippen molar-refractivity contribution in [3.05, 3.63) is 17.5 Å². The summed E-state index contributed by atoms with van der Waals surface area (Å²) in [5, 5.41) is 5.20. The van der Waals surface area contributed by atoms with Crippen LogP contribution in [0.5, 0.6) is 5.75 Å². The second-order valence-corrected chi connectivity index (χ2v) is 5.49. The lowest BCUT2D eigenvalue weighted by atomic mass is 10.1. The molecule has 0 N–H and O–H groups in total. The van der Waals surface area contributed by atoms with Gasteiger partial charge in [0.05, 0.1) is 18.2 Å². The highest BCUT2D eigenvalue weighted by atomic mass is 16.6. The summed E-state index contributed by atoms with van der Waals surface area (Å²) in [6, 6.07) is 0. The first kappa shape index (κ1) is 14.8. The van der Waals surface area contributed by atoms with Gasteiger partial charge in [0.15, 0.2) is 5.65 Å². The van der Waals surface area contributed by atoms with Gasteiger partial charge in [0, 0.05) is 6.54 Å². The van der Waals surface area contributed by atoms with Crippen molar-refractivity contribution >= 4 is 17.0 Å². The summed E-state index contributed by atoms with van der Waals surface area (Å²) >= 11 is 0. The molecule has 2 aromatic rings. The molecule has 0 saturated heterocycles. The molecule has 0 aromatic carbocycles. The number of hydrogen-bond acceptors (Lipinski definition) is 5. The van der Waals surface area contributed by atoms with E-state index in [1.807, 2.05) is 18.5 Å². The molecule has 3 rings (SSSR count). The van der Waals surface area contributed by atoms with Gasteiger partial charge >= 0.3 is 5.97 Å². The smallest absolute Gasteiger partial charge is 0.344 e. The van der Waals surface area contributed by atoms with Crippen molar-refractivity contribution in [1.82, 2.24) is 14.8 Å². The summed E-state index contributed by atoms with van der Waals surface area (Å²) in [5.41, 5.74) is 1.87. The maximum atomic E-state index is 12.1. The fourth-order valence-electron chi connectivity index (χ4n) is 2.81. The van der Waals surface area contributed by atoms with Crippen LogP contribution in [0.15, 0.2) is 6.20 Å². The van der Waals surface area contributed by atoms with Crippen molar-refractivity contribution in [2.75, 3.05) is 6.61 Å². The Morgan fingerprint density at radius 1 is 1.36 bits per heavy atom. The number of unbranched alkanes of at least 4 members (excludes halogenated alkanes) is 2. The van der Waals surface area contributed by atoms with Crippen LogP contribution in [0.25, 0.3) is 11.0 Å². The number of carbonyl (C=O) groups is 1. The molecule has 0 radical (unpaired) electrons. The molecule has 2 aromatic heterocycles. The topological polar surface area (TPSA) is 66.2 Å². The third-order valence-corrected chi connectivity index (χ3v) is 3.90. The zero-order valence-corrected chi connectivity index (χ0v) is 13.3. The Labute approximate surface area is 129 Å². The Hall–Kier alpha value is -2.11. The number of aryl methyl sites for hydroxylation is 1. The Morgan fingerprint density at radius 3 is 2.91 bits per heavy atom. The van der Waals surface area contributed by atoms with Gasteiger partial charge in [0.2, 0.25) is 0 Å². The molecule has 1 unspecified atom stereocenters. The lowest BCUT2D eigenvalue weighted by molar-refractivity contribution is 0.0416. The SMILES string of the molecule is CCCCCn1ncc2c(OCC)c3c(nc21)C(C)OC3=O. The molecule has 0 aliphatic carbocycles.